The van der Waals surface area contributed by atoms with Gasteiger partial charge in [-0.15, -0.1) is 0 Å². The third kappa shape index (κ3) is 6.52. The Hall–Kier alpha value is -3.32. The van der Waals surface area contributed by atoms with Gasteiger partial charge in [0.05, 0.1) is 16.6 Å². The first-order valence-electron chi connectivity index (χ1n) is 12.9. The van der Waals surface area contributed by atoms with E-state index in [0.717, 1.165) is 29.8 Å². The topological polar surface area (TPSA) is 69.7 Å². The van der Waals surface area contributed by atoms with Crippen LogP contribution in [0.1, 0.15) is 49.4 Å². The minimum atomic E-state index is -3.93. The van der Waals surface area contributed by atoms with E-state index in [9.17, 15) is 13.2 Å². The third-order valence-electron chi connectivity index (χ3n) is 7.01. The van der Waals surface area contributed by atoms with Crippen LogP contribution in [-0.2, 0) is 14.8 Å². The number of aryl methyl sites for hydroxylation is 2. The highest BCUT2D eigenvalue weighted by atomic mass is 32.2. The molecule has 7 heteroatoms. The van der Waals surface area contributed by atoms with Gasteiger partial charge in [-0.25, -0.2) is 8.42 Å². The van der Waals surface area contributed by atoms with E-state index in [1.54, 1.807) is 36.4 Å². The zero-order chi connectivity index (χ0) is 26.6. The van der Waals surface area contributed by atoms with Crippen molar-refractivity contribution in [1.82, 2.24) is 5.32 Å². The number of hydrogen-bond donors (Lipinski definition) is 1. The van der Waals surface area contributed by atoms with E-state index in [4.69, 9.17) is 0 Å². The van der Waals surface area contributed by atoms with Crippen LogP contribution in [0, 0.1) is 19.8 Å². The van der Waals surface area contributed by atoms with Crippen LogP contribution in [0.5, 0.6) is 0 Å². The first-order valence-corrected chi connectivity index (χ1v) is 14.4. The summed E-state index contributed by atoms with van der Waals surface area (Å²) in [5.74, 6) is 0.331. The zero-order valence-corrected chi connectivity index (χ0v) is 23.0. The van der Waals surface area contributed by atoms with E-state index in [-0.39, 0.29) is 23.4 Å². The molecule has 1 amide bonds. The number of hydrogen-bond acceptors (Lipinski definition) is 4. The fraction of sp³-hybridized carbons (Fsp3) is 0.367. The zero-order valence-electron chi connectivity index (χ0n) is 22.1. The lowest BCUT2D eigenvalue weighted by Gasteiger charge is -2.33. The molecule has 0 saturated carbocycles. The maximum atomic E-state index is 13.6. The SMILES string of the molecule is Cc1ccc(N(CC(=O)NC(C)c2ccc(N3CCCC(C)C3)cc2)S(=O)(=O)c2ccc(C)cc2)cc1. The average Bonchev–Trinajstić information content (AvgIpc) is 2.88. The van der Waals surface area contributed by atoms with Crippen LogP contribution in [0.4, 0.5) is 11.4 Å². The van der Waals surface area contributed by atoms with Crippen LogP contribution in [0.15, 0.2) is 77.7 Å². The molecule has 0 aromatic heterocycles. The minimum absolute atomic E-state index is 0.155. The summed E-state index contributed by atoms with van der Waals surface area (Å²) in [6.07, 6.45) is 2.48. The maximum absolute atomic E-state index is 13.6. The van der Waals surface area contributed by atoms with Crippen LogP contribution in [-0.4, -0.2) is 34.0 Å². The van der Waals surface area contributed by atoms with Gasteiger partial charge in [-0.3, -0.25) is 9.10 Å². The number of piperidine rings is 1. The molecule has 37 heavy (non-hydrogen) atoms. The van der Waals surface area contributed by atoms with Gasteiger partial charge < -0.3 is 10.2 Å². The Labute approximate surface area is 221 Å². The van der Waals surface area contributed by atoms with Crippen molar-refractivity contribution in [3.63, 3.8) is 0 Å². The van der Waals surface area contributed by atoms with E-state index in [1.165, 1.54) is 22.8 Å². The summed E-state index contributed by atoms with van der Waals surface area (Å²) in [6, 6.07) is 21.9. The molecule has 6 nitrogen and oxygen atoms in total. The molecule has 0 aliphatic carbocycles. The number of anilines is 2. The number of sulfonamides is 1. The van der Waals surface area contributed by atoms with Crippen molar-refractivity contribution < 1.29 is 13.2 Å². The lowest BCUT2D eigenvalue weighted by atomic mass is 9.99. The minimum Gasteiger partial charge on any atom is -0.371 e. The summed E-state index contributed by atoms with van der Waals surface area (Å²) < 4.78 is 28.3. The maximum Gasteiger partial charge on any atom is 0.264 e. The quantitative estimate of drug-likeness (QED) is 0.420. The van der Waals surface area contributed by atoms with Crippen molar-refractivity contribution >= 4 is 27.3 Å². The van der Waals surface area contributed by atoms with Crippen molar-refractivity contribution in [2.75, 3.05) is 28.8 Å². The Balaban J connectivity index is 1.49. The molecule has 0 spiro atoms. The third-order valence-corrected chi connectivity index (χ3v) is 8.80. The van der Waals surface area contributed by atoms with E-state index >= 15 is 0 Å². The van der Waals surface area contributed by atoms with Gasteiger partial charge in [0.2, 0.25) is 5.91 Å². The molecule has 1 N–H and O–H groups in total. The molecule has 1 heterocycles. The van der Waals surface area contributed by atoms with E-state index in [1.807, 2.05) is 45.0 Å². The van der Waals surface area contributed by atoms with Crippen molar-refractivity contribution in [3.05, 3.63) is 89.5 Å². The van der Waals surface area contributed by atoms with Crippen LogP contribution < -0.4 is 14.5 Å². The molecular formula is C30H37N3O3S. The first kappa shape index (κ1) is 26.7. The highest BCUT2D eigenvalue weighted by Crippen LogP contribution is 2.26. The Morgan fingerprint density at radius 3 is 2.16 bits per heavy atom. The second-order valence-electron chi connectivity index (χ2n) is 10.2. The van der Waals surface area contributed by atoms with Gasteiger partial charge in [-0.05, 0) is 81.5 Å². The summed E-state index contributed by atoms with van der Waals surface area (Å²) in [7, 11) is -3.93. The number of nitrogens with one attached hydrogen (secondary N) is 1. The van der Waals surface area contributed by atoms with E-state index < -0.39 is 10.0 Å². The molecule has 2 unspecified atom stereocenters. The van der Waals surface area contributed by atoms with Crippen LogP contribution in [0.25, 0.3) is 0 Å². The molecule has 1 aliphatic rings. The van der Waals surface area contributed by atoms with Crippen LogP contribution in [0.3, 0.4) is 0 Å². The predicted molar refractivity (Wildman–Crippen MR) is 151 cm³/mol. The van der Waals surface area contributed by atoms with Gasteiger partial charge in [0.1, 0.15) is 6.54 Å². The first-order chi connectivity index (χ1) is 17.6. The van der Waals surface area contributed by atoms with E-state index in [2.05, 4.69) is 29.3 Å². The lowest BCUT2D eigenvalue weighted by Crippen LogP contribution is -2.41. The number of carbonyl (C=O) groups excluding carboxylic acids is 1. The molecule has 196 valence electrons. The molecule has 2 atom stereocenters. The van der Waals surface area contributed by atoms with Crippen molar-refractivity contribution in [2.45, 2.75) is 51.5 Å². The molecule has 3 aromatic rings. The summed E-state index contributed by atoms with van der Waals surface area (Å²) in [4.78, 5) is 15.7. The Morgan fingerprint density at radius 2 is 1.57 bits per heavy atom. The summed E-state index contributed by atoms with van der Waals surface area (Å²) in [6.45, 7) is 9.87. The van der Waals surface area contributed by atoms with E-state index in [0.29, 0.717) is 11.6 Å². The molecule has 1 fully saturated rings. The van der Waals surface area contributed by atoms with Gasteiger partial charge in [-0.1, -0.05) is 54.4 Å². The number of rotatable bonds is 8. The van der Waals surface area contributed by atoms with Gasteiger partial charge in [0.25, 0.3) is 10.0 Å². The van der Waals surface area contributed by atoms with Crippen LogP contribution in [0.2, 0.25) is 0 Å². The standard InChI is InChI=1S/C30H37N3O3S/c1-22-7-13-28(14-8-22)33(37(35,36)29-17-9-23(2)10-18-29)21-30(34)31-25(4)26-11-15-27(16-12-26)32-19-5-6-24(3)20-32/h7-18,24-25H,5-6,19-21H2,1-4H3,(H,31,34). The Kier molecular flexibility index (Phi) is 8.22. The molecule has 3 aromatic carbocycles. The predicted octanol–water partition coefficient (Wildman–Crippen LogP) is 5.61. The number of amides is 1. The van der Waals surface area contributed by atoms with Crippen LogP contribution >= 0.6 is 0 Å². The van der Waals surface area contributed by atoms with Crippen molar-refractivity contribution in [1.29, 1.82) is 0 Å². The highest BCUT2D eigenvalue weighted by Gasteiger charge is 2.28. The summed E-state index contributed by atoms with van der Waals surface area (Å²) in [5.41, 5.74) is 4.60. The summed E-state index contributed by atoms with van der Waals surface area (Å²) in [5, 5.41) is 2.99. The molecule has 4 rings (SSSR count). The fourth-order valence-corrected chi connectivity index (χ4v) is 6.18. The highest BCUT2D eigenvalue weighted by molar-refractivity contribution is 7.92. The van der Waals surface area contributed by atoms with Crippen molar-refractivity contribution in [3.8, 4) is 0 Å². The molecule has 1 aliphatic heterocycles. The molecule has 0 bridgehead atoms. The monoisotopic (exact) mass is 519 g/mol. The smallest absolute Gasteiger partial charge is 0.264 e. The normalized spacial score (nSPS) is 16.8. The molecule has 1 saturated heterocycles. The second-order valence-corrected chi connectivity index (χ2v) is 12.1. The number of benzene rings is 3. The molecule has 0 radical (unpaired) electrons. The van der Waals surface area contributed by atoms with Gasteiger partial charge in [0, 0.05) is 18.8 Å². The lowest BCUT2D eigenvalue weighted by molar-refractivity contribution is -0.120. The van der Waals surface area contributed by atoms with Gasteiger partial charge >= 0.3 is 0 Å². The Bertz CT molecular complexity index is 1300. The Morgan fingerprint density at radius 1 is 0.973 bits per heavy atom. The van der Waals surface area contributed by atoms with Gasteiger partial charge in [0.15, 0.2) is 0 Å². The van der Waals surface area contributed by atoms with Crippen molar-refractivity contribution in [2.24, 2.45) is 5.92 Å². The molecular weight excluding hydrogens is 482 g/mol. The largest absolute Gasteiger partial charge is 0.371 e. The second kappa shape index (κ2) is 11.4. The average molecular weight is 520 g/mol. The fourth-order valence-electron chi connectivity index (χ4n) is 4.76. The summed E-state index contributed by atoms with van der Waals surface area (Å²) >= 11 is 0. The van der Waals surface area contributed by atoms with Gasteiger partial charge in [-0.2, -0.15) is 0 Å². The number of carbonyl (C=O) groups is 1. The number of nitrogens with zero attached hydrogens (tertiary/aromatic N) is 2.